The standard InChI is InChI=1S/C27H29F3N4O4/c28-19-7-5-17(6-8-19)15-20(32-24(35)23-16-31-21-3-1-2-4-22(21)33-23)11-14-27(37,25(36)34-38)18-9-12-26(29,30)13-10-18/h1-8,16,18,20,37-38H,9-15H2,(H,32,35)(H,34,36). The molecule has 1 aliphatic rings. The number of alkyl halides is 2. The molecular formula is C27H29F3N4O4. The van der Waals surface area contributed by atoms with Crippen LogP contribution in [0.25, 0.3) is 11.0 Å². The van der Waals surface area contributed by atoms with Crippen molar-refractivity contribution in [3.63, 3.8) is 0 Å². The molecule has 2 unspecified atom stereocenters. The van der Waals surface area contributed by atoms with Gasteiger partial charge in [-0.3, -0.25) is 19.8 Å². The van der Waals surface area contributed by atoms with Gasteiger partial charge in [0.2, 0.25) is 5.92 Å². The maximum atomic E-state index is 13.7. The normalized spacial score (nSPS) is 17.9. The second-order valence-electron chi connectivity index (χ2n) is 9.78. The maximum absolute atomic E-state index is 13.7. The Labute approximate surface area is 217 Å². The van der Waals surface area contributed by atoms with E-state index in [-0.39, 0.29) is 37.8 Å². The Kier molecular flexibility index (Phi) is 8.27. The van der Waals surface area contributed by atoms with Gasteiger partial charge in [0, 0.05) is 18.9 Å². The Balaban J connectivity index is 1.54. The Bertz CT molecular complexity index is 1280. The third kappa shape index (κ3) is 6.46. The molecule has 11 heteroatoms. The third-order valence-electron chi connectivity index (χ3n) is 7.17. The van der Waals surface area contributed by atoms with Crippen LogP contribution in [0, 0.1) is 11.7 Å². The summed E-state index contributed by atoms with van der Waals surface area (Å²) >= 11 is 0. The van der Waals surface area contributed by atoms with Crippen LogP contribution in [0.4, 0.5) is 13.2 Å². The van der Waals surface area contributed by atoms with Crippen LogP contribution in [0.5, 0.6) is 0 Å². The molecule has 0 spiro atoms. The van der Waals surface area contributed by atoms with Crippen LogP contribution in [-0.4, -0.2) is 49.7 Å². The van der Waals surface area contributed by atoms with Crippen molar-refractivity contribution in [3.05, 3.63) is 71.8 Å². The number of halogens is 3. The van der Waals surface area contributed by atoms with Gasteiger partial charge in [-0.25, -0.2) is 23.6 Å². The summed E-state index contributed by atoms with van der Waals surface area (Å²) < 4.78 is 40.9. The van der Waals surface area contributed by atoms with E-state index in [1.807, 2.05) is 0 Å². The lowest BCUT2D eigenvalue weighted by molar-refractivity contribution is -0.162. The number of hydrogen-bond donors (Lipinski definition) is 4. The first-order chi connectivity index (χ1) is 18.1. The average molecular weight is 531 g/mol. The molecule has 2 atom stereocenters. The number of benzene rings is 2. The van der Waals surface area contributed by atoms with Crippen molar-refractivity contribution in [2.45, 2.75) is 62.5 Å². The van der Waals surface area contributed by atoms with Gasteiger partial charge in [0.1, 0.15) is 17.1 Å². The third-order valence-corrected chi connectivity index (χ3v) is 7.17. The Morgan fingerprint density at radius 1 is 1.08 bits per heavy atom. The van der Waals surface area contributed by atoms with Gasteiger partial charge in [-0.05, 0) is 67.9 Å². The van der Waals surface area contributed by atoms with E-state index in [2.05, 4.69) is 15.3 Å². The number of aromatic nitrogens is 2. The quantitative estimate of drug-likeness (QED) is 0.245. The molecule has 8 nitrogen and oxygen atoms in total. The molecule has 1 fully saturated rings. The molecule has 0 bridgehead atoms. The predicted molar refractivity (Wildman–Crippen MR) is 132 cm³/mol. The second-order valence-corrected chi connectivity index (χ2v) is 9.78. The van der Waals surface area contributed by atoms with E-state index in [4.69, 9.17) is 0 Å². The number of nitrogens with zero attached hydrogens (tertiary/aromatic N) is 2. The summed E-state index contributed by atoms with van der Waals surface area (Å²) in [7, 11) is 0. The lowest BCUT2D eigenvalue weighted by Gasteiger charge is -2.39. The molecule has 202 valence electrons. The van der Waals surface area contributed by atoms with Crippen molar-refractivity contribution >= 4 is 22.8 Å². The Hall–Kier alpha value is -3.57. The zero-order chi connectivity index (χ0) is 27.3. The summed E-state index contributed by atoms with van der Waals surface area (Å²) in [5.41, 5.74) is 1.23. The van der Waals surface area contributed by atoms with Crippen LogP contribution < -0.4 is 10.8 Å². The molecule has 4 N–H and O–H groups in total. The van der Waals surface area contributed by atoms with Crippen LogP contribution >= 0.6 is 0 Å². The number of carbonyl (C=O) groups excluding carboxylic acids is 2. The molecular weight excluding hydrogens is 501 g/mol. The highest BCUT2D eigenvalue weighted by molar-refractivity contribution is 5.94. The molecule has 0 saturated heterocycles. The zero-order valence-corrected chi connectivity index (χ0v) is 20.5. The van der Waals surface area contributed by atoms with Gasteiger partial charge in [0.05, 0.1) is 17.2 Å². The molecule has 0 radical (unpaired) electrons. The first-order valence-corrected chi connectivity index (χ1v) is 12.4. The number of aliphatic hydroxyl groups is 1. The van der Waals surface area contributed by atoms with E-state index in [9.17, 15) is 33.1 Å². The van der Waals surface area contributed by atoms with Crippen molar-refractivity contribution in [3.8, 4) is 0 Å². The fourth-order valence-electron chi connectivity index (χ4n) is 4.97. The summed E-state index contributed by atoms with van der Waals surface area (Å²) in [4.78, 5) is 34.2. The average Bonchev–Trinajstić information content (AvgIpc) is 2.91. The van der Waals surface area contributed by atoms with Crippen molar-refractivity contribution in [1.29, 1.82) is 0 Å². The van der Waals surface area contributed by atoms with Gasteiger partial charge < -0.3 is 10.4 Å². The molecule has 38 heavy (non-hydrogen) atoms. The van der Waals surface area contributed by atoms with Gasteiger partial charge in [-0.2, -0.15) is 0 Å². The number of hydrogen-bond acceptors (Lipinski definition) is 6. The smallest absolute Gasteiger partial charge is 0.275 e. The van der Waals surface area contributed by atoms with Crippen LogP contribution in [0.15, 0.2) is 54.7 Å². The van der Waals surface area contributed by atoms with Gasteiger partial charge in [0.25, 0.3) is 11.8 Å². The van der Waals surface area contributed by atoms with E-state index >= 15 is 0 Å². The number of amides is 2. The minimum Gasteiger partial charge on any atom is -0.380 e. The summed E-state index contributed by atoms with van der Waals surface area (Å²) in [6.45, 7) is 0. The molecule has 2 amide bonds. The molecule has 3 aromatic rings. The molecule has 0 aliphatic heterocycles. The number of hydroxylamine groups is 1. The van der Waals surface area contributed by atoms with Crippen LogP contribution in [0.3, 0.4) is 0 Å². The van der Waals surface area contributed by atoms with E-state index in [1.165, 1.54) is 23.8 Å². The molecule has 2 aromatic carbocycles. The van der Waals surface area contributed by atoms with Crippen LogP contribution in [0.1, 0.15) is 54.6 Å². The lowest BCUT2D eigenvalue weighted by Crippen LogP contribution is -2.53. The largest absolute Gasteiger partial charge is 0.380 e. The minimum absolute atomic E-state index is 0.0565. The van der Waals surface area contributed by atoms with Gasteiger partial charge in [-0.1, -0.05) is 24.3 Å². The lowest BCUT2D eigenvalue weighted by atomic mass is 9.72. The fraction of sp³-hybridized carbons (Fsp3) is 0.407. The van der Waals surface area contributed by atoms with Crippen molar-refractivity contribution in [2.75, 3.05) is 0 Å². The van der Waals surface area contributed by atoms with E-state index < -0.39 is 54.0 Å². The molecule has 4 rings (SSSR count). The van der Waals surface area contributed by atoms with E-state index in [0.717, 1.165) is 0 Å². The summed E-state index contributed by atoms with van der Waals surface area (Å²) in [5, 5.41) is 23.4. The molecule has 1 aromatic heterocycles. The van der Waals surface area contributed by atoms with E-state index in [1.54, 1.807) is 36.4 Å². The minimum atomic E-state index is -2.87. The van der Waals surface area contributed by atoms with Crippen LogP contribution in [0.2, 0.25) is 0 Å². The summed E-state index contributed by atoms with van der Waals surface area (Å²) in [6, 6.07) is 12.1. The van der Waals surface area contributed by atoms with Crippen molar-refractivity contribution < 1.29 is 33.1 Å². The van der Waals surface area contributed by atoms with E-state index in [0.29, 0.717) is 16.6 Å². The highest BCUT2D eigenvalue weighted by Crippen LogP contribution is 2.42. The van der Waals surface area contributed by atoms with Crippen molar-refractivity contribution in [1.82, 2.24) is 20.8 Å². The monoisotopic (exact) mass is 530 g/mol. The highest BCUT2D eigenvalue weighted by Gasteiger charge is 2.48. The van der Waals surface area contributed by atoms with Crippen molar-refractivity contribution in [2.24, 2.45) is 5.92 Å². The number of rotatable bonds is 9. The highest BCUT2D eigenvalue weighted by atomic mass is 19.3. The predicted octanol–water partition coefficient (Wildman–Crippen LogP) is 3.95. The first kappa shape index (κ1) is 27.5. The molecule has 1 heterocycles. The maximum Gasteiger partial charge on any atom is 0.275 e. The molecule has 1 aliphatic carbocycles. The summed E-state index contributed by atoms with van der Waals surface area (Å²) in [6.07, 6.45) is 0.254. The molecule has 1 saturated carbocycles. The number of fused-ring (bicyclic) bond motifs is 1. The first-order valence-electron chi connectivity index (χ1n) is 12.4. The van der Waals surface area contributed by atoms with Gasteiger partial charge in [0.15, 0.2) is 0 Å². The van der Waals surface area contributed by atoms with Crippen LogP contribution in [-0.2, 0) is 11.2 Å². The number of nitrogens with one attached hydrogen (secondary N) is 2. The second kappa shape index (κ2) is 11.4. The Morgan fingerprint density at radius 2 is 1.74 bits per heavy atom. The fourth-order valence-corrected chi connectivity index (χ4v) is 4.97. The topological polar surface area (TPSA) is 124 Å². The van der Waals surface area contributed by atoms with Gasteiger partial charge >= 0.3 is 0 Å². The SMILES string of the molecule is O=C(NC(CCC(O)(C(=O)NO)C1CCC(F)(F)CC1)Cc1ccc(F)cc1)c1cnc2ccccc2n1. The zero-order valence-electron chi connectivity index (χ0n) is 20.5. The Morgan fingerprint density at radius 3 is 2.39 bits per heavy atom. The number of carbonyl (C=O) groups is 2. The number of para-hydroxylation sites is 2. The van der Waals surface area contributed by atoms with Gasteiger partial charge in [-0.15, -0.1) is 0 Å². The summed E-state index contributed by atoms with van der Waals surface area (Å²) in [5.74, 6) is -5.72.